The van der Waals surface area contributed by atoms with Gasteiger partial charge in [0.15, 0.2) is 0 Å². The van der Waals surface area contributed by atoms with Gasteiger partial charge in [0.1, 0.15) is 0 Å². The van der Waals surface area contributed by atoms with Crippen molar-refractivity contribution in [3.05, 3.63) is 58.6 Å². The summed E-state index contributed by atoms with van der Waals surface area (Å²) in [5.74, 6) is -0.0644. The molecule has 2 aromatic rings. The van der Waals surface area contributed by atoms with Crippen molar-refractivity contribution in [1.82, 2.24) is 0 Å². The van der Waals surface area contributed by atoms with Crippen molar-refractivity contribution >= 4 is 33.2 Å². The van der Waals surface area contributed by atoms with E-state index in [1.807, 2.05) is 56.3 Å². The van der Waals surface area contributed by atoms with Crippen molar-refractivity contribution in [3.8, 4) is 0 Å². The minimum atomic E-state index is -0.608. The molecule has 2 rings (SSSR count). The molecule has 4 heteroatoms. The van der Waals surface area contributed by atoms with Crippen molar-refractivity contribution < 1.29 is 4.79 Å². The molecule has 0 atom stereocenters. The highest BCUT2D eigenvalue weighted by atomic mass is 79.9. The van der Waals surface area contributed by atoms with Crippen LogP contribution in [0.4, 0.5) is 11.4 Å². The zero-order chi connectivity index (χ0) is 14.8. The lowest BCUT2D eigenvalue weighted by atomic mass is 9.83. The molecule has 1 amide bonds. The van der Waals surface area contributed by atoms with Crippen LogP contribution >= 0.6 is 15.9 Å². The lowest BCUT2D eigenvalue weighted by Crippen LogP contribution is -2.34. The highest BCUT2D eigenvalue weighted by Crippen LogP contribution is 2.27. The van der Waals surface area contributed by atoms with Crippen LogP contribution in [0.25, 0.3) is 0 Å². The summed E-state index contributed by atoms with van der Waals surface area (Å²) in [7, 11) is 0. The zero-order valence-electron chi connectivity index (χ0n) is 11.5. The summed E-state index contributed by atoms with van der Waals surface area (Å²) in [6, 6.07) is 15.1. The third-order valence-corrected chi connectivity index (χ3v) is 4.04. The average molecular weight is 333 g/mol. The summed E-state index contributed by atoms with van der Waals surface area (Å²) in [6.45, 7) is 3.81. The molecular weight excluding hydrogens is 316 g/mol. The van der Waals surface area contributed by atoms with E-state index in [9.17, 15) is 4.79 Å². The molecule has 0 unspecified atom stereocenters. The van der Waals surface area contributed by atoms with Gasteiger partial charge in [-0.1, -0.05) is 30.3 Å². The Morgan fingerprint density at radius 3 is 2.40 bits per heavy atom. The molecule has 0 saturated heterocycles. The molecule has 0 saturated carbocycles. The topological polar surface area (TPSA) is 55.1 Å². The second-order valence-electron chi connectivity index (χ2n) is 5.18. The smallest absolute Gasteiger partial charge is 0.234 e. The van der Waals surface area contributed by atoms with Gasteiger partial charge < -0.3 is 11.1 Å². The number of amides is 1. The first-order chi connectivity index (χ1) is 9.41. The van der Waals surface area contributed by atoms with E-state index < -0.39 is 5.41 Å². The number of nitrogens with two attached hydrogens (primary N) is 1. The molecule has 104 valence electrons. The number of anilines is 2. The normalized spacial score (nSPS) is 11.2. The minimum absolute atomic E-state index is 0.0644. The Hall–Kier alpha value is -1.81. The molecule has 0 bridgehead atoms. The Morgan fingerprint density at radius 2 is 1.80 bits per heavy atom. The molecule has 0 aliphatic rings. The second kappa shape index (κ2) is 5.67. The van der Waals surface area contributed by atoms with Gasteiger partial charge >= 0.3 is 0 Å². The van der Waals surface area contributed by atoms with E-state index in [0.29, 0.717) is 11.4 Å². The van der Waals surface area contributed by atoms with Crippen LogP contribution in [-0.4, -0.2) is 5.91 Å². The van der Waals surface area contributed by atoms with Crippen molar-refractivity contribution in [1.29, 1.82) is 0 Å². The number of benzene rings is 2. The van der Waals surface area contributed by atoms with Crippen molar-refractivity contribution in [2.75, 3.05) is 11.1 Å². The molecular formula is C16H17BrN2O. The average Bonchev–Trinajstić information content (AvgIpc) is 2.44. The summed E-state index contributed by atoms with van der Waals surface area (Å²) in [6.07, 6.45) is 0. The highest BCUT2D eigenvalue weighted by Gasteiger charge is 2.29. The van der Waals surface area contributed by atoms with E-state index in [1.165, 1.54) is 0 Å². The summed E-state index contributed by atoms with van der Waals surface area (Å²) < 4.78 is 0.817. The van der Waals surface area contributed by atoms with E-state index in [0.717, 1.165) is 10.0 Å². The Kier molecular flexibility index (Phi) is 4.14. The Balaban J connectivity index is 2.21. The molecule has 0 aromatic heterocycles. The number of nitrogen functional groups attached to an aromatic ring is 1. The lowest BCUT2D eigenvalue weighted by molar-refractivity contribution is -0.120. The molecule has 20 heavy (non-hydrogen) atoms. The molecule has 0 spiro atoms. The number of nitrogens with one attached hydrogen (secondary N) is 1. The Labute approximate surface area is 127 Å². The van der Waals surface area contributed by atoms with Gasteiger partial charge in [-0.05, 0) is 53.5 Å². The number of rotatable bonds is 3. The fourth-order valence-corrected chi connectivity index (χ4v) is 2.14. The summed E-state index contributed by atoms with van der Waals surface area (Å²) in [4.78, 5) is 12.5. The lowest BCUT2D eigenvalue weighted by Gasteiger charge is -2.24. The van der Waals surface area contributed by atoms with E-state index in [4.69, 9.17) is 5.73 Å². The number of carbonyl (C=O) groups is 1. The Morgan fingerprint density at radius 1 is 1.15 bits per heavy atom. The zero-order valence-corrected chi connectivity index (χ0v) is 13.1. The SMILES string of the molecule is CC(C)(C(=O)Nc1ccc(Br)c(N)c1)c1ccccc1. The van der Waals surface area contributed by atoms with Gasteiger partial charge in [0.25, 0.3) is 0 Å². The fourth-order valence-electron chi connectivity index (χ4n) is 1.89. The van der Waals surface area contributed by atoms with Gasteiger partial charge in [0.05, 0.1) is 5.41 Å². The van der Waals surface area contributed by atoms with Crippen LogP contribution in [0.15, 0.2) is 53.0 Å². The molecule has 0 radical (unpaired) electrons. The molecule has 0 fully saturated rings. The van der Waals surface area contributed by atoms with Gasteiger partial charge in [0, 0.05) is 15.8 Å². The van der Waals surface area contributed by atoms with Crippen LogP contribution in [0.1, 0.15) is 19.4 Å². The summed E-state index contributed by atoms with van der Waals surface area (Å²) in [5.41, 5.74) is 7.48. The van der Waals surface area contributed by atoms with E-state index in [1.54, 1.807) is 6.07 Å². The van der Waals surface area contributed by atoms with Gasteiger partial charge in [-0.3, -0.25) is 4.79 Å². The monoisotopic (exact) mass is 332 g/mol. The minimum Gasteiger partial charge on any atom is -0.398 e. The van der Waals surface area contributed by atoms with Crippen molar-refractivity contribution in [2.24, 2.45) is 0 Å². The van der Waals surface area contributed by atoms with Gasteiger partial charge in [-0.25, -0.2) is 0 Å². The van der Waals surface area contributed by atoms with E-state index in [-0.39, 0.29) is 5.91 Å². The van der Waals surface area contributed by atoms with E-state index in [2.05, 4.69) is 21.2 Å². The van der Waals surface area contributed by atoms with E-state index >= 15 is 0 Å². The van der Waals surface area contributed by atoms with Crippen LogP contribution in [-0.2, 0) is 10.2 Å². The number of carbonyl (C=O) groups excluding carboxylic acids is 1. The Bertz CT molecular complexity index is 624. The standard InChI is InChI=1S/C16H17BrN2O/c1-16(2,11-6-4-3-5-7-11)15(20)19-12-8-9-13(17)14(18)10-12/h3-10H,18H2,1-2H3,(H,19,20). The van der Waals surface area contributed by atoms with Crippen LogP contribution in [0, 0.1) is 0 Å². The quantitative estimate of drug-likeness (QED) is 0.836. The van der Waals surface area contributed by atoms with Crippen molar-refractivity contribution in [3.63, 3.8) is 0 Å². The third kappa shape index (κ3) is 3.02. The summed E-state index contributed by atoms with van der Waals surface area (Å²) in [5, 5.41) is 2.91. The number of hydrogen-bond acceptors (Lipinski definition) is 2. The van der Waals surface area contributed by atoms with Gasteiger partial charge in [-0.15, -0.1) is 0 Å². The highest BCUT2D eigenvalue weighted by molar-refractivity contribution is 9.10. The predicted octanol–water partition coefficient (Wildman–Crippen LogP) is 3.95. The van der Waals surface area contributed by atoms with Crippen molar-refractivity contribution in [2.45, 2.75) is 19.3 Å². The van der Waals surface area contributed by atoms with Gasteiger partial charge in [0.2, 0.25) is 5.91 Å². The molecule has 0 heterocycles. The third-order valence-electron chi connectivity index (χ3n) is 3.32. The largest absolute Gasteiger partial charge is 0.398 e. The molecule has 0 aliphatic carbocycles. The number of hydrogen-bond donors (Lipinski definition) is 2. The van der Waals surface area contributed by atoms with Crippen LogP contribution in [0.3, 0.4) is 0 Å². The number of halogens is 1. The molecule has 0 aliphatic heterocycles. The second-order valence-corrected chi connectivity index (χ2v) is 6.04. The maximum atomic E-state index is 12.5. The first kappa shape index (κ1) is 14.6. The fraction of sp³-hybridized carbons (Fsp3) is 0.188. The molecule has 3 N–H and O–H groups in total. The maximum Gasteiger partial charge on any atom is 0.234 e. The predicted molar refractivity (Wildman–Crippen MR) is 86.7 cm³/mol. The van der Waals surface area contributed by atoms with Crippen LogP contribution in [0.2, 0.25) is 0 Å². The maximum absolute atomic E-state index is 12.5. The summed E-state index contributed by atoms with van der Waals surface area (Å²) >= 11 is 3.33. The molecule has 2 aromatic carbocycles. The van der Waals surface area contributed by atoms with Crippen LogP contribution < -0.4 is 11.1 Å². The van der Waals surface area contributed by atoms with Crippen LogP contribution in [0.5, 0.6) is 0 Å². The van der Waals surface area contributed by atoms with Gasteiger partial charge in [-0.2, -0.15) is 0 Å². The molecule has 3 nitrogen and oxygen atoms in total. The first-order valence-electron chi connectivity index (χ1n) is 6.33. The first-order valence-corrected chi connectivity index (χ1v) is 7.12.